The average Bonchev–Trinajstić information content (AvgIpc) is 2.39. The lowest BCUT2D eigenvalue weighted by Gasteiger charge is -2.18. The molecule has 1 rings (SSSR count). The van der Waals surface area contributed by atoms with E-state index in [9.17, 15) is 4.79 Å². The Morgan fingerprint density at radius 2 is 1.84 bits per heavy atom. The van der Waals surface area contributed by atoms with Crippen LogP contribution in [0.3, 0.4) is 0 Å². The van der Waals surface area contributed by atoms with Gasteiger partial charge in [0, 0.05) is 13.0 Å². The van der Waals surface area contributed by atoms with E-state index >= 15 is 0 Å². The van der Waals surface area contributed by atoms with Gasteiger partial charge >= 0.3 is 0 Å². The zero-order valence-corrected chi connectivity index (χ0v) is 12.5. The Morgan fingerprint density at radius 1 is 1.21 bits per heavy atom. The lowest BCUT2D eigenvalue weighted by Crippen LogP contribution is -2.26. The zero-order chi connectivity index (χ0) is 14.3. The topological polar surface area (TPSA) is 29.5 Å². The van der Waals surface area contributed by atoms with E-state index in [2.05, 4.69) is 18.7 Å². The van der Waals surface area contributed by atoms with Crippen LogP contribution in [0.5, 0.6) is 5.75 Å². The Hall–Kier alpha value is -1.35. The van der Waals surface area contributed by atoms with Gasteiger partial charge in [-0.2, -0.15) is 0 Å². The second-order valence-electron chi connectivity index (χ2n) is 4.86. The molecule has 0 heterocycles. The van der Waals surface area contributed by atoms with Crippen LogP contribution in [0.1, 0.15) is 44.5 Å². The molecule has 0 fully saturated rings. The summed E-state index contributed by atoms with van der Waals surface area (Å²) < 4.78 is 5.69. The van der Waals surface area contributed by atoms with Crippen LogP contribution < -0.4 is 4.74 Å². The molecule has 0 atom stereocenters. The lowest BCUT2D eigenvalue weighted by atomic mass is 10.1. The van der Waals surface area contributed by atoms with Crippen molar-refractivity contribution in [2.45, 2.75) is 40.2 Å². The van der Waals surface area contributed by atoms with E-state index in [1.807, 2.05) is 38.1 Å². The van der Waals surface area contributed by atoms with Crippen molar-refractivity contribution in [2.24, 2.45) is 0 Å². The van der Waals surface area contributed by atoms with Crippen LogP contribution in [0, 0.1) is 0 Å². The Labute approximate surface area is 116 Å². The first kappa shape index (κ1) is 15.7. The monoisotopic (exact) mass is 263 g/mol. The van der Waals surface area contributed by atoms with E-state index in [-0.39, 0.29) is 11.9 Å². The van der Waals surface area contributed by atoms with E-state index in [1.54, 1.807) is 0 Å². The second kappa shape index (κ2) is 7.95. The van der Waals surface area contributed by atoms with Crippen LogP contribution in [-0.4, -0.2) is 36.4 Å². The van der Waals surface area contributed by atoms with Crippen LogP contribution in [0.2, 0.25) is 0 Å². The molecule has 0 N–H and O–H groups in total. The first-order valence-corrected chi connectivity index (χ1v) is 7.09. The van der Waals surface area contributed by atoms with Gasteiger partial charge in [-0.1, -0.05) is 26.0 Å². The molecule has 0 saturated carbocycles. The van der Waals surface area contributed by atoms with E-state index in [0.717, 1.165) is 19.6 Å². The number of ketones is 1. The van der Waals surface area contributed by atoms with Crippen molar-refractivity contribution in [2.75, 3.05) is 19.6 Å². The summed E-state index contributed by atoms with van der Waals surface area (Å²) >= 11 is 0. The third-order valence-corrected chi connectivity index (χ3v) is 3.10. The number of hydrogen-bond acceptors (Lipinski definition) is 3. The first-order valence-electron chi connectivity index (χ1n) is 7.09. The molecule has 0 spiro atoms. The highest BCUT2D eigenvalue weighted by atomic mass is 16.5. The number of carbonyl (C=O) groups is 1. The Bertz CT molecular complexity index is 397. The van der Waals surface area contributed by atoms with Crippen molar-refractivity contribution in [1.29, 1.82) is 0 Å². The number of carbonyl (C=O) groups excluding carboxylic acids is 1. The number of rotatable bonds is 8. The molecule has 0 aliphatic heterocycles. The SMILES string of the molecule is CCN(CC)CCC(=O)c1ccccc1OC(C)C. The maximum absolute atomic E-state index is 12.3. The normalized spacial score (nSPS) is 11.1. The van der Waals surface area contributed by atoms with Gasteiger partial charge in [0.1, 0.15) is 5.75 Å². The highest BCUT2D eigenvalue weighted by Gasteiger charge is 2.13. The lowest BCUT2D eigenvalue weighted by molar-refractivity contribution is 0.0961. The maximum atomic E-state index is 12.3. The van der Waals surface area contributed by atoms with E-state index < -0.39 is 0 Å². The van der Waals surface area contributed by atoms with Gasteiger partial charge in [-0.15, -0.1) is 0 Å². The minimum Gasteiger partial charge on any atom is -0.490 e. The predicted molar refractivity (Wildman–Crippen MR) is 78.9 cm³/mol. The van der Waals surface area contributed by atoms with Crippen molar-refractivity contribution in [3.8, 4) is 5.75 Å². The van der Waals surface area contributed by atoms with Gasteiger partial charge in [0.15, 0.2) is 5.78 Å². The Morgan fingerprint density at radius 3 is 2.42 bits per heavy atom. The summed E-state index contributed by atoms with van der Waals surface area (Å²) in [6, 6.07) is 7.50. The first-order chi connectivity index (χ1) is 9.08. The molecule has 1 aromatic carbocycles. The summed E-state index contributed by atoms with van der Waals surface area (Å²) in [7, 11) is 0. The van der Waals surface area contributed by atoms with Crippen molar-refractivity contribution in [1.82, 2.24) is 4.90 Å². The quantitative estimate of drug-likeness (QED) is 0.673. The Balaban J connectivity index is 2.71. The van der Waals surface area contributed by atoms with Crippen molar-refractivity contribution in [3.63, 3.8) is 0 Å². The van der Waals surface area contributed by atoms with Crippen LogP contribution in [0.25, 0.3) is 0 Å². The third kappa shape index (κ3) is 5.03. The van der Waals surface area contributed by atoms with E-state index in [4.69, 9.17) is 4.74 Å². The minimum absolute atomic E-state index is 0.0803. The van der Waals surface area contributed by atoms with Gasteiger partial charge < -0.3 is 9.64 Å². The summed E-state index contributed by atoms with van der Waals surface area (Å²) in [5.41, 5.74) is 0.698. The van der Waals surface area contributed by atoms with Crippen LogP contribution in [-0.2, 0) is 0 Å². The maximum Gasteiger partial charge on any atom is 0.167 e. The molecule has 0 aromatic heterocycles. The number of nitrogens with zero attached hydrogens (tertiary/aromatic N) is 1. The molecular weight excluding hydrogens is 238 g/mol. The highest BCUT2D eigenvalue weighted by Crippen LogP contribution is 2.21. The van der Waals surface area contributed by atoms with Crippen molar-refractivity contribution in [3.05, 3.63) is 29.8 Å². The molecular formula is C16H25NO2. The molecule has 0 aliphatic carbocycles. The van der Waals surface area contributed by atoms with E-state index in [0.29, 0.717) is 17.7 Å². The summed E-state index contributed by atoms with van der Waals surface area (Å²) in [5.74, 6) is 0.852. The smallest absolute Gasteiger partial charge is 0.167 e. The highest BCUT2D eigenvalue weighted by molar-refractivity contribution is 5.98. The molecule has 0 amide bonds. The molecule has 106 valence electrons. The number of Topliss-reactive ketones (excluding diaryl/α,β-unsaturated/α-hetero) is 1. The molecule has 0 saturated heterocycles. The van der Waals surface area contributed by atoms with E-state index in [1.165, 1.54) is 0 Å². The zero-order valence-electron chi connectivity index (χ0n) is 12.5. The standard InChI is InChI=1S/C16H25NO2/c1-5-17(6-2)12-11-15(18)14-9-7-8-10-16(14)19-13(3)4/h7-10,13H,5-6,11-12H2,1-4H3. The Kier molecular flexibility index (Phi) is 6.57. The molecule has 19 heavy (non-hydrogen) atoms. The number of ether oxygens (including phenoxy) is 1. The fourth-order valence-electron chi connectivity index (χ4n) is 1.99. The molecule has 0 bridgehead atoms. The minimum atomic E-state index is 0.0803. The molecule has 3 nitrogen and oxygen atoms in total. The van der Waals surface area contributed by atoms with Crippen molar-refractivity contribution >= 4 is 5.78 Å². The number of para-hydroxylation sites is 1. The summed E-state index contributed by atoms with van der Waals surface area (Å²) in [5, 5.41) is 0. The third-order valence-electron chi connectivity index (χ3n) is 3.10. The molecule has 0 radical (unpaired) electrons. The average molecular weight is 263 g/mol. The summed E-state index contributed by atoms with van der Waals surface area (Å²) in [6.07, 6.45) is 0.622. The van der Waals surface area contributed by atoms with Gasteiger partial charge in [0.2, 0.25) is 0 Å². The number of hydrogen-bond donors (Lipinski definition) is 0. The van der Waals surface area contributed by atoms with Gasteiger partial charge in [0.05, 0.1) is 11.7 Å². The van der Waals surface area contributed by atoms with Crippen LogP contribution in [0.4, 0.5) is 0 Å². The molecule has 3 heteroatoms. The molecule has 1 aromatic rings. The number of benzene rings is 1. The van der Waals surface area contributed by atoms with Gasteiger partial charge in [-0.05, 0) is 39.1 Å². The van der Waals surface area contributed by atoms with Crippen LogP contribution >= 0.6 is 0 Å². The second-order valence-corrected chi connectivity index (χ2v) is 4.86. The summed E-state index contributed by atoms with van der Waals surface area (Å²) in [6.45, 7) is 10.9. The van der Waals surface area contributed by atoms with Crippen molar-refractivity contribution < 1.29 is 9.53 Å². The van der Waals surface area contributed by atoms with Gasteiger partial charge in [-0.3, -0.25) is 4.79 Å². The van der Waals surface area contributed by atoms with Gasteiger partial charge in [0.25, 0.3) is 0 Å². The fourth-order valence-corrected chi connectivity index (χ4v) is 1.99. The molecule has 0 aliphatic rings. The van der Waals surface area contributed by atoms with Gasteiger partial charge in [-0.25, -0.2) is 0 Å². The van der Waals surface area contributed by atoms with Crippen LogP contribution in [0.15, 0.2) is 24.3 Å². The predicted octanol–water partition coefficient (Wildman–Crippen LogP) is 3.39. The summed E-state index contributed by atoms with van der Waals surface area (Å²) in [4.78, 5) is 14.5. The largest absolute Gasteiger partial charge is 0.490 e. The molecule has 0 unspecified atom stereocenters. The fraction of sp³-hybridized carbons (Fsp3) is 0.562.